The molecule has 2 saturated heterocycles. The number of rotatable bonds is 6. The topological polar surface area (TPSA) is 69.6 Å². The molecule has 4 rings (SSSR count). The van der Waals surface area contributed by atoms with E-state index in [2.05, 4.69) is 31.9 Å². The van der Waals surface area contributed by atoms with Crippen LogP contribution in [0.15, 0.2) is 30.6 Å². The van der Waals surface area contributed by atoms with Crippen molar-refractivity contribution in [3.63, 3.8) is 0 Å². The lowest BCUT2D eigenvalue weighted by molar-refractivity contribution is -0.155. The average molecular weight is 383 g/mol. The highest BCUT2D eigenvalue weighted by Gasteiger charge is 2.40. The van der Waals surface area contributed by atoms with Crippen LogP contribution >= 0.6 is 0 Å². The van der Waals surface area contributed by atoms with Crippen LogP contribution in [-0.2, 0) is 9.59 Å². The minimum absolute atomic E-state index is 0.00901. The number of nitrogens with zero attached hydrogens (tertiary/aromatic N) is 5. The molecule has 2 bridgehead atoms. The molecule has 2 amide bonds. The van der Waals surface area contributed by atoms with Gasteiger partial charge in [-0.15, -0.1) is 0 Å². The van der Waals surface area contributed by atoms with Gasteiger partial charge in [0.05, 0.1) is 0 Å². The monoisotopic (exact) mass is 383 g/mol. The first-order valence-corrected chi connectivity index (χ1v) is 10.5. The average Bonchev–Trinajstić information content (AvgIpc) is 2.98. The first kappa shape index (κ1) is 19.1. The second-order valence-corrected chi connectivity index (χ2v) is 7.99. The van der Waals surface area contributed by atoms with Crippen molar-refractivity contribution < 1.29 is 9.59 Å². The smallest absolute Gasteiger partial charge is 0.232 e. The van der Waals surface area contributed by atoms with E-state index in [4.69, 9.17) is 0 Å². The van der Waals surface area contributed by atoms with Gasteiger partial charge in [-0.2, -0.15) is 0 Å². The number of hydrogen-bond acceptors (Lipinski definition) is 6. The standard InChI is InChI=1S/C21H29N5O2/c27-19-17-6-1-2-7-18(16-17)20(28)26(19)11-4-3-10-24-12-14-25(15-13-24)21-22-8-5-9-23-21/h1-2,5,8-9,17-18H,3-4,6-7,10-16H2. The Balaban J connectivity index is 1.19. The number of carbonyl (C=O) groups excluding carboxylic acids is 2. The predicted molar refractivity (Wildman–Crippen MR) is 107 cm³/mol. The number of anilines is 1. The Morgan fingerprint density at radius 3 is 2.11 bits per heavy atom. The van der Waals surface area contributed by atoms with Crippen molar-refractivity contribution in [3.05, 3.63) is 30.6 Å². The summed E-state index contributed by atoms with van der Waals surface area (Å²) in [5.74, 6) is 0.915. The molecular weight excluding hydrogens is 354 g/mol. The molecule has 0 spiro atoms. The van der Waals surface area contributed by atoms with Crippen molar-refractivity contribution in [2.45, 2.75) is 32.1 Å². The summed E-state index contributed by atoms with van der Waals surface area (Å²) in [5, 5.41) is 0. The summed E-state index contributed by atoms with van der Waals surface area (Å²) in [6, 6.07) is 1.84. The van der Waals surface area contributed by atoms with Gasteiger partial charge in [0.1, 0.15) is 0 Å². The number of aromatic nitrogens is 2. The van der Waals surface area contributed by atoms with Gasteiger partial charge in [-0.1, -0.05) is 12.2 Å². The van der Waals surface area contributed by atoms with E-state index in [0.717, 1.165) is 70.8 Å². The number of piperazine rings is 1. The van der Waals surface area contributed by atoms with Crippen LogP contribution in [0.5, 0.6) is 0 Å². The van der Waals surface area contributed by atoms with Crippen LogP contribution in [0.1, 0.15) is 32.1 Å². The fourth-order valence-electron chi connectivity index (χ4n) is 4.46. The lowest BCUT2D eigenvalue weighted by Gasteiger charge is -2.35. The van der Waals surface area contributed by atoms with E-state index in [1.165, 1.54) is 0 Å². The molecule has 28 heavy (non-hydrogen) atoms. The Morgan fingerprint density at radius 2 is 1.46 bits per heavy atom. The van der Waals surface area contributed by atoms with Crippen LogP contribution in [0.25, 0.3) is 0 Å². The largest absolute Gasteiger partial charge is 0.338 e. The summed E-state index contributed by atoms with van der Waals surface area (Å²) >= 11 is 0. The van der Waals surface area contributed by atoms with Gasteiger partial charge >= 0.3 is 0 Å². The normalized spacial score (nSPS) is 25.9. The highest BCUT2D eigenvalue weighted by Crippen LogP contribution is 2.32. The fourth-order valence-corrected chi connectivity index (χ4v) is 4.46. The number of likely N-dealkylation sites (tertiary alicyclic amines) is 1. The van der Waals surface area contributed by atoms with E-state index in [-0.39, 0.29) is 23.7 Å². The molecule has 1 aromatic heterocycles. The van der Waals surface area contributed by atoms with Gasteiger partial charge < -0.3 is 4.90 Å². The lowest BCUT2D eigenvalue weighted by Crippen LogP contribution is -2.49. The molecule has 0 radical (unpaired) electrons. The molecule has 3 heterocycles. The SMILES string of the molecule is O=C1C2CC=CCC(C2)C(=O)N1CCCCN1CCN(c2ncccn2)CC1. The minimum atomic E-state index is 0.00901. The Morgan fingerprint density at radius 1 is 0.857 bits per heavy atom. The number of unbranched alkanes of at least 4 members (excludes halogenated alkanes) is 1. The van der Waals surface area contributed by atoms with E-state index in [1.54, 1.807) is 17.3 Å². The summed E-state index contributed by atoms with van der Waals surface area (Å²) < 4.78 is 0. The van der Waals surface area contributed by atoms with E-state index in [9.17, 15) is 9.59 Å². The molecule has 2 fully saturated rings. The van der Waals surface area contributed by atoms with Gasteiger partial charge in [-0.25, -0.2) is 9.97 Å². The number of hydrogen-bond donors (Lipinski definition) is 0. The number of piperidine rings is 1. The number of fused-ring (bicyclic) bond motifs is 2. The lowest BCUT2D eigenvalue weighted by atomic mass is 9.86. The van der Waals surface area contributed by atoms with Crippen LogP contribution in [0.2, 0.25) is 0 Å². The Labute approximate surface area is 166 Å². The molecule has 150 valence electrons. The maximum Gasteiger partial charge on any atom is 0.232 e. The van der Waals surface area contributed by atoms with Crippen LogP contribution in [0.3, 0.4) is 0 Å². The quantitative estimate of drug-likeness (QED) is 0.423. The van der Waals surface area contributed by atoms with Crippen molar-refractivity contribution in [2.75, 3.05) is 44.2 Å². The van der Waals surface area contributed by atoms with Gasteiger partial charge in [0.15, 0.2) is 0 Å². The van der Waals surface area contributed by atoms with Crippen LogP contribution in [-0.4, -0.2) is 70.9 Å². The van der Waals surface area contributed by atoms with Gasteiger partial charge in [0.25, 0.3) is 0 Å². The maximum absolute atomic E-state index is 12.6. The Bertz CT molecular complexity index is 689. The minimum Gasteiger partial charge on any atom is -0.338 e. The second-order valence-electron chi connectivity index (χ2n) is 7.99. The molecule has 3 aliphatic rings. The molecule has 7 nitrogen and oxygen atoms in total. The molecule has 2 aliphatic heterocycles. The highest BCUT2D eigenvalue weighted by atomic mass is 16.2. The number of allylic oxidation sites excluding steroid dienone is 2. The van der Waals surface area contributed by atoms with Crippen molar-refractivity contribution >= 4 is 17.8 Å². The van der Waals surface area contributed by atoms with E-state index in [0.29, 0.717) is 6.54 Å². The van der Waals surface area contributed by atoms with E-state index >= 15 is 0 Å². The maximum atomic E-state index is 12.6. The summed E-state index contributed by atoms with van der Waals surface area (Å²) in [7, 11) is 0. The van der Waals surface area contributed by atoms with Crippen molar-refractivity contribution in [1.29, 1.82) is 0 Å². The number of imide groups is 1. The molecule has 1 aromatic rings. The molecule has 1 aliphatic carbocycles. The summed E-state index contributed by atoms with van der Waals surface area (Å²) in [6.07, 6.45) is 11.9. The Kier molecular flexibility index (Phi) is 6.00. The molecular formula is C21H29N5O2. The second kappa shape index (κ2) is 8.82. The third-order valence-corrected chi connectivity index (χ3v) is 6.12. The van der Waals surface area contributed by atoms with Gasteiger partial charge in [-0.3, -0.25) is 19.4 Å². The molecule has 2 unspecified atom stereocenters. The molecule has 7 heteroatoms. The summed E-state index contributed by atoms with van der Waals surface area (Å²) in [4.78, 5) is 40.1. The summed E-state index contributed by atoms with van der Waals surface area (Å²) in [5.41, 5.74) is 0. The molecule has 0 N–H and O–H groups in total. The van der Waals surface area contributed by atoms with E-state index < -0.39 is 0 Å². The highest BCUT2D eigenvalue weighted by molar-refractivity contribution is 6.00. The molecule has 0 aromatic carbocycles. The van der Waals surface area contributed by atoms with Crippen LogP contribution in [0, 0.1) is 11.8 Å². The first-order chi connectivity index (χ1) is 13.7. The Hall–Kier alpha value is -2.28. The molecule has 2 atom stereocenters. The fraction of sp³-hybridized carbons (Fsp3) is 0.619. The van der Waals surface area contributed by atoms with Crippen LogP contribution < -0.4 is 4.90 Å². The van der Waals surface area contributed by atoms with Gasteiger partial charge in [-0.05, 0) is 44.7 Å². The number of amides is 2. The molecule has 0 saturated carbocycles. The van der Waals surface area contributed by atoms with Crippen molar-refractivity contribution in [3.8, 4) is 0 Å². The zero-order valence-corrected chi connectivity index (χ0v) is 16.4. The third-order valence-electron chi connectivity index (χ3n) is 6.12. The predicted octanol–water partition coefficient (Wildman–Crippen LogP) is 1.72. The zero-order valence-electron chi connectivity index (χ0n) is 16.4. The van der Waals surface area contributed by atoms with Crippen molar-refractivity contribution in [2.24, 2.45) is 11.8 Å². The van der Waals surface area contributed by atoms with Gasteiger partial charge in [0, 0.05) is 57.0 Å². The van der Waals surface area contributed by atoms with Gasteiger partial charge in [0.2, 0.25) is 17.8 Å². The summed E-state index contributed by atoms with van der Waals surface area (Å²) in [6.45, 7) is 5.44. The third kappa shape index (κ3) is 4.24. The first-order valence-electron chi connectivity index (χ1n) is 10.5. The zero-order chi connectivity index (χ0) is 19.3. The van der Waals surface area contributed by atoms with E-state index in [1.807, 2.05) is 6.07 Å². The van der Waals surface area contributed by atoms with Crippen molar-refractivity contribution in [1.82, 2.24) is 19.8 Å². The number of carbonyl (C=O) groups is 2. The van der Waals surface area contributed by atoms with Crippen LogP contribution in [0.4, 0.5) is 5.95 Å².